The Balaban J connectivity index is 1.99. The molecule has 24 heavy (non-hydrogen) atoms. The molecule has 1 heterocycles. The number of fused-ring (bicyclic) bond motifs is 1. The minimum Gasteiger partial charge on any atom is -0.387 e. The summed E-state index contributed by atoms with van der Waals surface area (Å²) in [5.74, 6) is 0.447. The number of halogens is 2. The maximum absolute atomic E-state index is 15.1. The predicted molar refractivity (Wildman–Crippen MR) is 98.2 cm³/mol. The summed E-state index contributed by atoms with van der Waals surface area (Å²) in [4.78, 5) is 2.74. The monoisotopic (exact) mass is 348 g/mol. The lowest BCUT2D eigenvalue weighted by Gasteiger charge is -2.32. The molecule has 0 atom stereocenters. The van der Waals surface area contributed by atoms with Gasteiger partial charge < -0.3 is 10.2 Å². The molecule has 1 aliphatic heterocycles. The first kappa shape index (κ1) is 17.1. The molecular formula is C19H22F2N2S. The molecule has 0 aromatic heterocycles. The minimum absolute atomic E-state index is 0.164. The van der Waals surface area contributed by atoms with Crippen LogP contribution in [-0.2, 0) is 13.0 Å². The molecule has 0 unspecified atom stereocenters. The van der Waals surface area contributed by atoms with Crippen LogP contribution in [0, 0.1) is 18.6 Å². The molecule has 5 heteroatoms. The second-order valence-corrected chi connectivity index (χ2v) is 7.27. The molecule has 2 nitrogen and oxygen atoms in total. The number of thioether (sulfide) groups is 1. The smallest absolute Gasteiger partial charge is 0.162 e. The molecule has 0 fully saturated rings. The molecule has 0 radical (unpaired) electrons. The summed E-state index contributed by atoms with van der Waals surface area (Å²) in [6.07, 6.45) is 0.732. The first-order valence-electron chi connectivity index (χ1n) is 8.21. The second-order valence-electron chi connectivity index (χ2n) is 6.00. The largest absolute Gasteiger partial charge is 0.387 e. The third-order valence-corrected chi connectivity index (χ3v) is 5.42. The van der Waals surface area contributed by atoms with E-state index in [0.29, 0.717) is 23.7 Å². The van der Waals surface area contributed by atoms with Gasteiger partial charge in [-0.15, -0.1) is 11.8 Å². The molecular weight excluding hydrogens is 326 g/mol. The summed E-state index contributed by atoms with van der Waals surface area (Å²) in [7, 11) is 1.83. The Labute approximate surface area is 146 Å². The average Bonchev–Trinajstić information content (AvgIpc) is 2.58. The zero-order valence-corrected chi connectivity index (χ0v) is 15.1. The van der Waals surface area contributed by atoms with Crippen molar-refractivity contribution in [1.29, 1.82) is 0 Å². The van der Waals surface area contributed by atoms with Crippen molar-refractivity contribution in [2.45, 2.75) is 31.7 Å². The Kier molecular flexibility index (Phi) is 4.99. The fraction of sp³-hybridized carbons (Fsp3) is 0.368. The van der Waals surface area contributed by atoms with Crippen LogP contribution in [-0.4, -0.2) is 19.3 Å². The second kappa shape index (κ2) is 7.01. The lowest BCUT2D eigenvalue weighted by molar-refractivity contribution is 0.585. The van der Waals surface area contributed by atoms with Crippen molar-refractivity contribution in [3.05, 3.63) is 52.6 Å². The van der Waals surface area contributed by atoms with E-state index < -0.39 is 0 Å². The summed E-state index contributed by atoms with van der Waals surface area (Å²) >= 11 is 1.52. The first-order chi connectivity index (χ1) is 11.5. The standard InChI is InChI=1S/C19H22F2N2S/c1-4-24-19-17(21)16(9-12(2)18(19)22-3)23-8-7-13-10-15(20)6-5-14(13)11-23/h5-6,9-10,22H,4,7-8,11H2,1-3H3. The fourth-order valence-corrected chi connectivity index (χ4v) is 4.22. The van der Waals surface area contributed by atoms with E-state index in [1.54, 1.807) is 6.07 Å². The number of nitrogens with one attached hydrogen (secondary N) is 1. The lowest BCUT2D eigenvalue weighted by atomic mass is 9.98. The molecule has 0 saturated heterocycles. The van der Waals surface area contributed by atoms with E-state index >= 15 is 4.39 Å². The Morgan fingerprint density at radius 2 is 2.00 bits per heavy atom. The number of benzene rings is 2. The van der Waals surface area contributed by atoms with Gasteiger partial charge in [0.05, 0.1) is 16.3 Å². The van der Waals surface area contributed by atoms with Gasteiger partial charge in [0, 0.05) is 20.1 Å². The molecule has 128 valence electrons. The van der Waals surface area contributed by atoms with Crippen LogP contribution in [0.2, 0.25) is 0 Å². The highest BCUT2D eigenvalue weighted by atomic mass is 32.2. The zero-order chi connectivity index (χ0) is 17.3. The molecule has 2 aromatic carbocycles. The van der Waals surface area contributed by atoms with Crippen LogP contribution in [0.15, 0.2) is 29.2 Å². The topological polar surface area (TPSA) is 15.3 Å². The number of aryl methyl sites for hydroxylation is 1. The maximum Gasteiger partial charge on any atom is 0.162 e. The number of hydrogen-bond acceptors (Lipinski definition) is 3. The van der Waals surface area contributed by atoms with Crippen LogP contribution in [0.3, 0.4) is 0 Å². The molecule has 3 rings (SSSR count). The molecule has 0 aliphatic carbocycles. The summed E-state index contributed by atoms with van der Waals surface area (Å²) in [6.45, 7) is 5.34. The Morgan fingerprint density at radius 3 is 2.71 bits per heavy atom. The summed E-state index contributed by atoms with van der Waals surface area (Å²) in [5, 5.41) is 3.12. The Hall–Kier alpha value is -1.75. The van der Waals surface area contributed by atoms with Crippen LogP contribution < -0.4 is 10.2 Å². The van der Waals surface area contributed by atoms with E-state index in [1.165, 1.54) is 17.8 Å². The third kappa shape index (κ3) is 3.09. The lowest BCUT2D eigenvalue weighted by Crippen LogP contribution is -2.31. The van der Waals surface area contributed by atoms with Gasteiger partial charge in [-0.25, -0.2) is 8.78 Å². The van der Waals surface area contributed by atoms with E-state index in [0.717, 1.165) is 34.6 Å². The quantitative estimate of drug-likeness (QED) is 0.784. The SMILES string of the molecule is CCSc1c(F)c(N2CCc3cc(F)ccc3C2)cc(C)c1NC. The third-order valence-electron chi connectivity index (χ3n) is 4.46. The molecule has 0 saturated carbocycles. The van der Waals surface area contributed by atoms with E-state index in [2.05, 4.69) is 10.2 Å². The number of anilines is 2. The van der Waals surface area contributed by atoms with Crippen molar-refractivity contribution in [2.24, 2.45) is 0 Å². The van der Waals surface area contributed by atoms with Crippen LogP contribution >= 0.6 is 11.8 Å². The predicted octanol–water partition coefficient (Wildman–Crippen LogP) is 4.99. The number of rotatable bonds is 4. The van der Waals surface area contributed by atoms with Gasteiger partial charge in [-0.2, -0.15) is 0 Å². The van der Waals surface area contributed by atoms with Gasteiger partial charge in [-0.3, -0.25) is 0 Å². The van der Waals surface area contributed by atoms with Gasteiger partial charge in [0.15, 0.2) is 5.82 Å². The molecule has 0 amide bonds. The van der Waals surface area contributed by atoms with Gasteiger partial charge >= 0.3 is 0 Å². The zero-order valence-electron chi connectivity index (χ0n) is 14.2. The van der Waals surface area contributed by atoms with Gasteiger partial charge in [0.1, 0.15) is 5.82 Å². The van der Waals surface area contributed by atoms with Gasteiger partial charge in [0.25, 0.3) is 0 Å². The van der Waals surface area contributed by atoms with Crippen molar-refractivity contribution < 1.29 is 8.78 Å². The van der Waals surface area contributed by atoms with Crippen molar-refractivity contribution in [2.75, 3.05) is 29.6 Å². The van der Waals surface area contributed by atoms with Crippen molar-refractivity contribution in [3.8, 4) is 0 Å². The average molecular weight is 348 g/mol. The molecule has 0 bridgehead atoms. The Morgan fingerprint density at radius 1 is 1.21 bits per heavy atom. The molecule has 0 spiro atoms. The normalized spacial score (nSPS) is 13.8. The van der Waals surface area contributed by atoms with Crippen LogP contribution in [0.4, 0.5) is 20.2 Å². The van der Waals surface area contributed by atoms with E-state index in [1.807, 2.05) is 33.0 Å². The minimum atomic E-state index is -0.204. The fourth-order valence-electron chi connectivity index (χ4n) is 3.29. The van der Waals surface area contributed by atoms with E-state index in [9.17, 15) is 4.39 Å². The summed E-state index contributed by atoms with van der Waals surface area (Å²) in [6, 6.07) is 6.80. The highest BCUT2D eigenvalue weighted by Gasteiger charge is 2.23. The van der Waals surface area contributed by atoms with E-state index in [-0.39, 0.29) is 11.6 Å². The Bertz CT molecular complexity index is 762. The van der Waals surface area contributed by atoms with Crippen molar-refractivity contribution >= 4 is 23.1 Å². The van der Waals surface area contributed by atoms with Gasteiger partial charge in [-0.05, 0) is 54.0 Å². The van der Waals surface area contributed by atoms with Crippen molar-refractivity contribution in [3.63, 3.8) is 0 Å². The number of nitrogens with zero attached hydrogens (tertiary/aromatic N) is 1. The van der Waals surface area contributed by atoms with Gasteiger partial charge in [-0.1, -0.05) is 13.0 Å². The summed E-state index contributed by atoms with van der Waals surface area (Å²) in [5.41, 5.74) is 4.63. The molecule has 1 aliphatic rings. The van der Waals surface area contributed by atoms with Crippen LogP contribution in [0.1, 0.15) is 23.6 Å². The molecule has 1 N–H and O–H groups in total. The first-order valence-corrected chi connectivity index (χ1v) is 9.19. The highest BCUT2D eigenvalue weighted by molar-refractivity contribution is 7.99. The van der Waals surface area contributed by atoms with Crippen LogP contribution in [0.5, 0.6) is 0 Å². The molecule has 2 aromatic rings. The maximum atomic E-state index is 15.1. The van der Waals surface area contributed by atoms with Crippen molar-refractivity contribution in [1.82, 2.24) is 0 Å². The van der Waals surface area contributed by atoms with Gasteiger partial charge in [0.2, 0.25) is 0 Å². The number of hydrogen-bond donors (Lipinski definition) is 1. The van der Waals surface area contributed by atoms with Crippen LogP contribution in [0.25, 0.3) is 0 Å². The highest BCUT2D eigenvalue weighted by Crippen LogP contribution is 2.39. The summed E-state index contributed by atoms with van der Waals surface area (Å²) < 4.78 is 28.5. The van der Waals surface area contributed by atoms with E-state index in [4.69, 9.17) is 0 Å².